The Morgan fingerprint density at radius 2 is 1.86 bits per heavy atom. The lowest BCUT2D eigenvalue weighted by atomic mass is 9.99. The molecule has 0 radical (unpaired) electrons. The summed E-state index contributed by atoms with van der Waals surface area (Å²) in [7, 11) is 0. The summed E-state index contributed by atoms with van der Waals surface area (Å²) in [6, 6.07) is 0. The van der Waals surface area contributed by atoms with E-state index in [-0.39, 0.29) is 24.4 Å². The fourth-order valence-electron chi connectivity index (χ4n) is 1.23. The van der Waals surface area contributed by atoms with Gasteiger partial charge in [-0.05, 0) is 12.3 Å². The Morgan fingerprint density at radius 3 is 2.21 bits per heavy atom. The van der Waals surface area contributed by atoms with Gasteiger partial charge in [0.25, 0.3) is 0 Å². The highest BCUT2D eigenvalue weighted by Gasteiger charge is 2.14. The maximum Gasteiger partial charge on any atom is 0.308 e. The molecular weight excluding hydrogens is 180 g/mol. The third kappa shape index (κ3) is 5.97. The van der Waals surface area contributed by atoms with Crippen molar-refractivity contribution >= 4 is 5.97 Å². The lowest BCUT2D eigenvalue weighted by molar-refractivity contribution is -0.149. The molecule has 0 aromatic carbocycles. The van der Waals surface area contributed by atoms with E-state index in [1.54, 1.807) is 13.8 Å². The van der Waals surface area contributed by atoms with Crippen LogP contribution >= 0.6 is 0 Å². The Labute approximate surface area is 86.5 Å². The maximum atomic E-state index is 11.1. The second kappa shape index (κ2) is 6.82. The van der Waals surface area contributed by atoms with Crippen LogP contribution in [0.3, 0.4) is 0 Å². The Bertz CT molecular complexity index is 164. The average molecular weight is 202 g/mol. The van der Waals surface area contributed by atoms with Gasteiger partial charge in [-0.3, -0.25) is 4.79 Å². The van der Waals surface area contributed by atoms with Gasteiger partial charge in [0.05, 0.1) is 12.5 Å². The highest BCUT2D eigenvalue weighted by Crippen LogP contribution is 2.12. The van der Waals surface area contributed by atoms with Crippen LogP contribution in [0.1, 0.15) is 34.1 Å². The molecule has 84 valence electrons. The van der Waals surface area contributed by atoms with Crippen LogP contribution in [-0.4, -0.2) is 24.3 Å². The van der Waals surface area contributed by atoms with Crippen molar-refractivity contribution < 1.29 is 14.6 Å². The van der Waals surface area contributed by atoms with Gasteiger partial charge in [0, 0.05) is 12.5 Å². The molecule has 0 aromatic rings. The molecule has 0 saturated carbocycles. The molecule has 0 spiro atoms. The van der Waals surface area contributed by atoms with Crippen molar-refractivity contribution in [2.75, 3.05) is 13.2 Å². The van der Waals surface area contributed by atoms with E-state index in [1.165, 1.54) is 0 Å². The Balaban J connectivity index is 3.78. The lowest BCUT2D eigenvalue weighted by Gasteiger charge is -2.17. The summed E-state index contributed by atoms with van der Waals surface area (Å²) in [4.78, 5) is 11.1. The van der Waals surface area contributed by atoms with Gasteiger partial charge >= 0.3 is 5.97 Å². The number of esters is 1. The molecule has 14 heavy (non-hydrogen) atoms. The number of hydrogen-bond donors (Lipinski definition) is 1. The van der Waals surface area contributed by atoms with E-state index < -0.39 is 0 Å². The number of carbonyl (C=O) groups is 1. The zero-order valence-electron chi connectivity index (χ0n) is 9.62. The molecule has 1 atom stereocenters. The first-order valence-electron chi connectivity index (χ1n) is 5.24. The quantitative estimate of drug-likeness (QED) is 0.668. The summed E-state index contributed by atoms with van der Waals surface area (Å²) < 4.78 is 5.06. The number of aliphatic hydroxyl groups is 1. The molecule has 0 bridgehead atoms. The van der Waals surface area contributed by atoms with Gasteiger partial charge in [0.2, 0.25) is 0 Å². The Hall–Kier alpha value is -0.570. The minimum absolute atomic E-state index is 0.0812. The van der Waals surface area contributed by atoms with E-state index in [0.717, 1.165) is 6.42 Å². The minimum Gasteiger partial charge on any atom is -0.465 e. The van der Waals surface area contributed by atoms with Crippen LogP contribution in [0.25, 0.3) is 0 Å². The van der Waals surface area contributed by atoms with Crippen molar-refractivity contribution in [2.24, 2.45) is 17.8 Å². The van der Waals surface area contributed by atoms with E-state index in [2.05, 4.69) is 13.8 Å². The number of ether oxygens (including phenoxy) is 1. The molecule has 0 aliphatic heterocycles. The second-order valence-electron chi connectivity index (χ2n) is 4.46. The zero-order chi connectivity index (χ0) is 11.1. The average Bonchev–Trinajstić information content (AvgIpc) is 2.10. The number of rotatable bonds is 6. The van der Waals surface area contributed by atoms with E-state index in [1.807, 2.05) is 0 Å². The second-order valence-corrected chi connectivity index (χ2v) is 4.46. The monoisotopic (exact) mass is 202 g/mol. The normalized spacial score (nSPS) is 13.4. The lowest BCUT2D eigenvalue weighted by Crippen LogP contribution is -2.21. The van der Waals surface area contributed by atoms with Crippen molar-refractivity contribution in [3.8, 4) is 0 Å². The molecule has 3 heteroatoms. The standard InChI is InChI=1S/C11H22O3/c1-8(2)5-10(6-12)7-14-11(13)9(3)4/h8-10,12H,5-7H2,1-4H3. The van der Waals surface area contributed by atoms with Crippen LogP contribution in [0.4, 0.5) is 0 Å². The van der Waals surface area contributed by atoms with Crippen molar-refractivity contribution in [2.45, 2.75) is 34.1 Å². The van der Waals surface area contributed by atoms with Crippen molar-refractivity contribution in [1.82, 2.24) is 0 Å². The van der Waals surface area contributed by atoms with Crippen LogP contribution < -0.4 is 0 Å². The molecule has 0 rings (SSSR count). The molecule has 0 fully saturated rings. The number of carbonyl (C=O) groups excluding carboxylic acids is 1. The first kappa shape index (κ1) is 13.4. The van der Waals surface area contributed by atoms with Gasteiger partial charge in [0.1, 0.15) is 0 Å². The molecule has 0 heterocycles. The van der Waals surface area contributed by atoms with Crippen molar-refractivity contribution in [1.29, 1.82) is 0 Å². The van der Waals surface area contributed by atoms with Gasteiger partial charge in [0.15, 0.2) is 0 Å². The fraction of sp³-hybridized carbons (Fsp3) is 0.909. The van der Waals surface area contributed by atoms with Gasteiger partial charge in [-0.2, -0.15) is 0 Å². The van der Waals surface area contributed by atoms with E-state index in [4.69, 9.17) is 9.84 Å². The molecular formula is C11H22O3. The topological polar surface area (TPSA) is 46.5 Å². The highest BCUT2D eigenvalue weighted by molar-refractivity contribution is 5.71. The third-order valence-electron chi connectivity index (χ3n) is 2.00. The Kier molecular flexibility index (Phi) is 6.54. The van der Waals surface area contributed by atoms with Crippen molar-refractivity contribution in [3.05, 3.63) is 0 Å². The van der Waals surface area contributed by atoms with Crippen molar-refractivity contribution in [3.63, 3.8) is 0 Å². The summed E-state index contributed by atoms with van der Waals surface area (Å²) in [6.07, 6.45) is 0.891. The molecule has 0 aliphatic carbocycles. The fourth-order valence-corrected chi connectivity index (χ4v) is 1.23. The first-order chi connectivity index (χ1) is 6.47. The van der Waals surface area contributed by atoms with Gasteiger partial charge < -0.3 is 9.84 Å². The molecule has 0 saturated heterocycles. The summed E-state index contributed by atoms with van der Waals surface area (Å²) in [5.41, 5.74) is 0. The van der Waals surface area contributed by atoms with Gasteiger partial charge in [-0.15, -0.1) is 0 Å². The SMILES string of the molecule is CC(C)CC(CO)COC(=O)C(C)C. The summed E-state index contributed by atoms with van der Waals surface area (Å²) in [5, 5.41) is 9.04. The molecule has 3 nitrogen and oxygen atoms in total. The molecule has 1 unspecified atom stereocenters. The molecule has 0 amide bonds. The van der Waals surface area contributed by atoms with Crippen LogP contribution in [0.15, 0.2) is 0 Å². The maximum absolute atomic E-state index is 11.1. The Morgan fingerprint density at radius 1 is 1.29 bits per heavy atom. The van der Waals surface area contributed by atoms with Crippen LogP contribution in [0.5, 0.6) is 0 Å². The van der Waals surface area contributed by atoms with Gasteiger partial charge in [-0.1, -0.05) is 27.7 Å². The van der Waals surface area contributed by atoms with Gasteiger partial charge in [-0.25, -0.2) is 0 Å². The number of aliphatic hydroxyl groups excluding tert-OH is 1. The molecule has 1 N–H and O–H groups in total. The predicted octanol–water partition coefficient (Wildman–Crippen LogP) is 1.84. The predicted molar refractivity (Wildman–Crippen MR) is 55.8 cm³/mol. The summed E-state index contributed by atoms with van der Waals surface area (Å²) >= 11 is 0. The minimum atomic E-state index is -0.188. The first-order valence-corrected chi connectivity index (χ1v) is 5.24. The van der Waals surface area contributed by atoms with E-state index >= 15 is 0 Å². The van der Waals surface area contributed by atoms with Crippen LogP contribution in [0.2, 0.25) is 0 Å². The van der Waals surface area contributed by atoms with E-state index in [0.29, 0.717) is 12.5 Å². The summed E-state index contributed by atoms with van der Waals surface area (Å²) in [6.45, 7) is 8.21. The van der Waals surface area contributed by atoms with Crippen LogP contribution in [0, 0.1) is 17.8 Å². The molecule has 0 aromatic heterocycles. The molecule has 0 aliphatic rings. The van der Waals surface area contributed by atoms with Crippen LogP contribution in [-0.2, 0) is 9.53 Å². The zero-order valence-corrected chi connectivity index (χ0v) is 9.62. The third-order valence-corrected chi connectivity index (χ3v) is 2.00. The highest BCUT2D eigenvalue weighted by atomic mass is 16.5. The summed E-state index contributed by atoms with van der Waals surface area (Å²) in [5.74, 6) is 0.322. The largest absolute Gasteiger partial charge is 0.465 e. The van der Waals surface area contributed by atoms with E-state index in [9.17, 15) is 4.79 Å². The smallest absolute Gasteiger partial charge is 0.308 e. The number of hydrogen-bond acceptors (Lipinski definition) is 3.